The van der Waals surface area contributed by atoms with Crippen molar-refractivity contribution >= 4 is 0 Å². The van der Waals surface area contributed by atoms with Crippen molar-refractivity contribution in [2.24, 2.45) is 0 Å². The van der Waals surface area contributed by atoms with E-state index < -0.39 is 0 Å². The number of hydrogen-bond acceptors (Lipinski definition) is 3. The van der Waals surface area contributed by atoms with E-state index in [0.29, 0.717) is 12.0 Å². The lowest BCUT2D eigenvalue weighted by Crippen LogP contribution is -2.33. The largest absolute Gasteiger partial charge is 0.315 e. The number of hydrogen-bond donors (Lipinski definition) is 1. The molecule has 0 amide bonds. The Morgan fingerprint density at radius 2 is 1.89 bits per heavy atom. The van der Waals surface area contributed by atoms with Gasteiger partial charge in [-0.15, -0.1) is 10.2 Å². The van der Waals surface area contributed by atoms with Crippen LogP contribution in [0.4, 0.5) is 0 Å². The highest BCUT2D eigenvalue weighted by Crippen LogP contribution is 2.34. The Morgan fingerprint density at radius 3 is 2.61 bits per heavy atom. The van der Waals surface area contributed by atoms with E-state index in [9.17, 15) is 0 Å². The predicted octanol–water partition coefficient (Wildman–Crippen LogP) is 2.56. The van der Waals surface area contributed by atoms with Gasteiger partial charge in [0.1, 0.15) is 11.6 Å². The van der Waals surface area contributed by atoms with Crippen LogP contribution in [0.2, 0.25) is 0 Å². The Labute approximate surface area is 109 Å². The fourth-order valence-electron chi connectivity index (χ4n) is 3.53. The second kappa shape index (κ2) is 5.39. The summed E-state index contributed by atoms with van der Waals surface area (Å²) in [7, 11) is 0. The van der Waals surface area contributed by atoms with Crippen LogP contribution in [-0.4, -0.2) is 27.9 Å². The molecule has 2 heterocycles. The maximum Gasteiger partial charge on any atom is 0.136 e. The summed E-state index contributed by atoms with van der Waals surface area (Å²) in [4.78, 5) is 0. The van der Waals surface area contributed by atoms with Gasteiger partial charge in [0.05, 0.1) is 0 Å². The summed E-state index contributed by atoms with van der Waals surface area (Å²) < 4.78 is 2.43. The topological polar surface area (TPSA) is 42.7 Å². The van der Waals surface area contributed by atoms with Gasteiger partial charge in [0, 0.05) is 18.5 Å². The van der Waals surface area contributed by atoms with Crippen molar-refractivity contribution in [1.82, 2.24) is 20.1 Å². The minimum absolute atomic E-state index is 0.575. The second-order valence-electron chi connectivity index (χ2n) is 5.81. The minimum atomic E-state index is 0.575. The second-order valence-corrected chi connectivity index (χ2v) is 5.81. The van der Waals surface area contributed by atoms with Gasteiger partial charge in [0.15, 0.2) is 0 Å². The predicted molar refractivity (Wildman–Crippen MR) is 71.7 cm³/mol. The van der Waals surface area contributed by atoms with Crippen LogP contribution in [0.25, 0.3) is 0 Å². The number of nitrogens with zero attached hydrogens (tertiary/aromatic N) is 3. The van der Waals surface area contributed by atoms with E-state index in [-0.39, 0.29) is 0 Å². The van der Waals surface area contributed by atoms with E-state index in [1.807, 2.05) is 0 Å². The van der Waals surface area contributed by atoms with Gasteiger partial charge in [-0.25, -0.2) is 0 Å². The molecule has 1 aliphatic carbocycles. The maximum atomic E-state index is 4.50. The van der Waals surface area contributed by atoms with E-state index >= 15 is 0 Å². The van der Waals surface area contributed by atoms with Crippen LogP contribution in [-0.2, 0) is 0 Å². The van der Waals surface area contributed by atoms with Crippen molar-refractivity contribution in [3.05, 3.63) is 11.6 Å². The quantitative estimate of drug-likeness (QED) is 0.874. The Kier molecular flexibility index (Phi) is 3.64. The molecule has 2 aliphatic rings. The third-order valence-corrected chi connectivity index (χ3v) is 4.50. The summed E-state index contributed by atoms with van der Waals surface area (Å²) in [6.45, 7) is 4.35. The van der Waals surface area contributed by atoms with Gasteiger partial charge in [0.25, 0.3) is 0 Å². The molecular formula is C14H24N4. The van der Waals surface area contributed by atoms with Crippen molar-refractivity contribution < 1.29 is 0 Å². The van der Waals surface area contributed by atoms with E-state index in [2.05, 4.69) is 27.0 Å². The third-order valence-electron chi connectivity index (χ3n) is 4.50. The molecule has 1 N–H and O–H groups in total. The van der Waals surface area contributed by atoms with Crippen molar-refractivity contribution in [2.45, 2.75) is 63.8 Å². The van der Waals surface area contributed by atoms with Crippen LogP contribution in [0, 0.1) is 6.92 Å². The zero-order chi connectivity index (χ0) is 12.4. The first-order chi connectivity index (χ1) is 8.86. The van der Waals surface area contributed by atoms with Crippen LogP contribution in [0.5, 0.6) is 0 Å². The molecule has 0 radical (unpaired) electrons. The van der Waals surface area contributed by atoms with Crippen LogP contribution < -0.4 is 5.32 Å². The highest BCUT2D eigenvalue weighted by molar-refractivity contribution is 5.05. The van der Waals surface area contributed by atoms with Gasteiger partial charge in [-0.1, -0.05) is 19.3 Å². The zero-order valence-corrected chi connectivity index (χ0v) is 11.4. The SMILES string of the molecule is Cc1nnc(C2CCCCC2)n1C1CCCNC1. The first-order valence-electron chi connectivity index (χ1n) is 7.48. The van der Waals surface area contributed by atoms with E-state index in [0.717, 1.165) is 18.9 Å². The number of nitrogens with one attached hydrogen (secondary N) is 1. The van der Waals surface area contributed by atoms with Crippen LogP contribution in [0.3, 0.4) is 0 Å². The number of aryl methyl sites for hydroxylation is 1. The van der Waals surface area contributed by atoms with Crippen molar-refractivity contribution in [1.29, 1.82) is 0 Å². The Morgan fingerprint density at radius 1 is 1.06 bits per heavy atom. The number of rotatable bonds is 2. The molecule has 0 aromatic carbocycles. The lowest BCUT2D eigenvalue weighted by Gasteiger charge is -2.29. The highest BCUT2D eigenvalue weighted by atomic mass is 15.3. The number of piperidine rings is 1. The van der Waals surface area contributed by atoms with E-state index in [1.54, 1.807) is 0 Å². The summed E-state index contributed by atoms with van der Waals surface area (Å²) in [6, 6.07) is 0.575. The molecule has 1 atom stereocenters. The third kappa shape index (κ3) is 2.30. The first-order valence-corrected chi connectivity index (χ1v) is 7.48. The van der Waals surface area contributed by atoms with Crippen molar-refractivity contribution in [3.63, 3.8) is 0 Å². The lowest BCUT2D eigenvalue weighted by molar-refractivity contribution is 0.337. The molecule has 1 saturated heterocycles. The highest BCUT2D eigenvalue weighted by Gasteiger charge is 2.26. The van der Waals surface area contributed by atoms with Crippen LogP contribution in [0.1, 0.15) is 68.6 Å². The first kappa shape index (κ1) is 12.2. The summed E-state index contributed by atoms with van der Waals surface area (Å²) >= 11 is 0. The summed E-state index contributed by atoms with van der Waals surface area (Å²) in [5, 5.41) is 12.4. The average Bonchev–Trinajstić information content (AvgIpc) is 2.83. The number of aromatic nitrogens is 3. The molecule has 18 heavy (non-hydrogen) atoms. The Balaban J connectivity index is 1.85. The molecule has 3 rings (SSSR count). The van der Waals surface area contributed by atoms with Gasteiger partial charge >= 0.3 is 0 Å². The molecule has 1 unspecified atom stereocenters. The fourth-order valence-corrected chi connectivity index (χ4v) is 3.53. The molecule has 4 nitrogen and oxygen atoms in total. The summed E-state index contributed by atoms with van der Waals surface area (Å²) in [5.74, 6) is 3.02. The van der Waals surface area contributed by atoms with Gasteiger partial charge < -0.3 is 9.88 Å². The van der Waals surface area contributed by atoms with Gasteiger partial charge in [-0.2, -0.15) is 0 Å². The normalized spacial score (nSPS) is 26.4. The lowest BCUT2D eigenvalue weighted by atomic mass is 9.88. The molecule has 0 spiro atoms. The van der Waals surface area contributed by atoms with Gasteiger partial charge in [-0.05, 0) is 39.2 Å². The van der Waals surface area contributed by atoms with Crippen molar-refractivity contribution in [2.75, 3.05) is 13.1 Å². The molecule has 100 valence electrons. The molecule has 1 saturated carbocycles. The molecule has 1 aromatic heterocycles. The summed E-state index contributed by atoms with van der Waals surface area (Å²) in [6.07, 6.45) is 9.27. The van der Waals surface area contributed by atoms with Crippen molar-refractivity contribution in [3.8, 4) is 0 Å². The van der Waals surface area contributed by atoms with Gasteiger partial charge in [-0.3, -0.25) is 0 Å². The molecule has 4 heteroatoms. The van der Waals surface area contributed by atoms with Gasteiger partial charge in [0.2, 0.25) is 0 Å². The fraction of sp³-hybridized carbons (Fsp3) is 0.857. The molecule has 2 fully saturated rings. The Bertz CT molecular complexity index is 386. The van der Waals surface area contributed by atoms with E-state index in [1.165, 1.54) is 50.8 Å². The molecular weight excluding hydrogens is 224 g/mol. The smallest absolute Gasteiger partial charge is 0.136 e. The average molecular weight is 248 g/mol. The zero-order valence-electron chi connectivity index (χ0n) is 11.4. The Hall–Kier alpha value is -0.900. The van der Waals surface area contributed by atoms with E-state index in [4.69, 9.17) is 0 Å². The molecule has 1 aliphatic heterocycles. The molecule has 1 aromatic rings. The van der Waals surface area contributed by atoms with Crippen LogP contribution >= 0.6 is 0 Å². The monoisotopic (exact) mass is 248 g/mol. The minimum Gasteiger partial charge on any atom is -0.315 e. The maximum absolute atomic E-state index is 4.50. The summed E-state index contributed by atoms with van der Waals surface area (Å²) in [5.41, 5.74) is 0. The van der Waals surface area contributed by atoms with Crippen LogP contribution in [0.15, 0.2) is 0 Å². The molecule has 0 bridgehead atoms. The standard InChI is InChI=1S/C14H24N4/c1-11-16-17-14(12-6-3-2-4-7-12)18(11)13-8-5-9-15-10-13/h12-13,15H,2-10H2,1H3.